The molecule has 90 valence electrons. The summed E-state index contributed by atoms with van der Waals surface area (Å²) in [7, 11) is 1.73. The molecule has 0 bridgehead atoms. The number of nitrogens with two attached hydrogens (primary N) is 1. The monoisotopic (exact) mass is 222 g/mol. The molecule has 1 unspecified atom stereocenters. The molecule has 1 rings (SSSR count). The Kier molecular flexibility index (Phi) is 5.12. The van der Waals surface area contributed by atoms with E-state index in [9.17, 15) is 0 Å². The lowest BCUT2D eigenvalue weighted by Gasteiger charge is -2.20. The molecule has 3 heteroatoms. The van der Waals surface area contributed by atoms with Gasteiger partial charge in [-0.05, 0) is 31.0 Å². The normalized spacial score (nSPS) is 12.4. The van der Waals surface area contributed by atoms with E-state index in [1.54, 1.807) is 7.11 Å². The molecule has 0 heterocycles. The Morgan fingerprint density at radius 3 is 2.81 bits per heavy atom. The van der Waals surface area contributed by atoms with Crippen LogP contribution >= 0.6 is 0 Å². The summed E-state index contributed by atoms with van der Waals surface area (Å²) in [5.74, 6) is 0. The summed E-state index contributed by atoms with van der Waals surface area (Å²) < 4.78 is 5.21. The van der Waals surface area contributed by atoms with E-state index in [0.29, 0.717) is 6.04 Å². The molecule has 16 heavy (non-hydrogen) atoms. The first-order valence-corrected chi connectivity index (χ1v) is 5.79. The number of methoxy groups -OCH3 is 1. The van der Waals surface area contributed by atoms with E-state index in [1.807, 2.05) is 18.2 Å². The van der Waals surface area contributed by atoms with Gasteiger partial charge in [0.25, 0.3) is 0 Å². The molecule has 3 N–H and O–H groups in total. The van der Waals surface area contributed by atoms with Crippen molar-refractivity contribution < 1.29 is 4.74 Å². The van der Waals surface area contributed by atoms with Gasteiger partial charge in [0.2, 0.25) is 0 Å². The Morgan fingerprint density at radius 2 is 2.19 bits per heavy atom. The lowest BCUT2D eigenvalue weighted by atomic mass is 10.1. The van der Waals surface area contributed by atoms with Gasteiger partial charge in [-0.15, -0.1) is 0 Å². The van der Waals surface area contributed by atoms with Crippen molar-refractivity contribution in [3.63, 3.8) is 0 Å². The Balaban J connectivity index is 2.71. The Bertz CT molecular complexity index is 320. The van der Waals surface area contributed by atoms with Crippen molar-refractivity contribution in [3.8, 4) is 0 Å². The molecule has 1 aromatic rings. The third kappa shape index (κ3) is 3.74. The molecule has 3 nitrogen and oxygen atoms in total. The van der Waals surface area contributed by atoms with Crippen molar-refractivity contribution in [1.82, 2.24) is 0 Å². The summed E-state index contributed by atoms with van der Waals surface area (Å²) in [6.45, 7) is 4.98. The van der Waals surface area contributed by atoms with Crippen molar-refractivity contribution in [2.75, 3.05) is 24.8 Å². The molecule has 0 saturated carbocycles. The van der Waals surface area contributed by atoms with Crippen LogP contribution in [0.4, 0.5) is 11.4 Å². The van der Waals surface area contributed by atoms with Crippen molar-refractivity contribution in [1.29, 1.82) is 0 Å². The number of nitrogens with one attached hydrogen (secondary N) is 1. The Hall–Kier alpha value is -1.22. The second kappa shape index (κ2) is 6.38. The number of nitrogen functional groups attached to an aromatic ring is 1. The van der Waals surface area contributed by atoms with Crippen LogP contribution in [0.5, 0.6) is 0 Å². The van der Waals surface area contributed by atoms with E-state index in [-0.39, 0.29) is 0 Å². The van der Waals surface area contributed by atoms with Crippen LogP contribution in [0.15, 0.2) is 18.2 Å². The van der Waals surface area contributed by atoms with Crippen molar-refractivity contribution in [2.45, 2.75) is 32.7 Å². The van der Waals surface area contributed by atoms with E-state index in [0.717, 1.165) is 30.8 Å². The minimum Gasteiger partial charge on any atom is -0.399 e. The van der Waals surface area contributed by atoms with Crippen LogP contribution in [0.3, 0.4) is 0 Å². The molecule has 0 aromatic heterocycles. The first-order chi connectivity index (χ1) is 7.67. The van der Waals surface area contributed by atoms with Gasteiger partial charge in [-0.25, -0.2) is 0 Å². The summed E-state index contributed by atoms with van der Waals surface area (Å²) >= 11 is 0. The van der Waals surface area contributed by atoms with Gasteiger partial charge in [0.05, 0.1) is 6.61 Å². The summed E-state index contributed by atoms with van der Waals surface area (Å²) in [5.41, 5.74) is 8.89. The number of anilines is 2. The summed E-state index contributed by atoms with van der Waals surface area (Å²) in [4.78, 5) is 0. The molecule has 0 spiro atoms. The van der Waals surface area contributed by atoms with Gasteiger partial charge >= 0.3 is 0 Å². The number of aryl methyl sites for hydroxylation is 1. The lowest BCUT2D eigenvalue weighted by molar-refractivity contribution is 0.182. The van der Waals surface area contributed by atoms with Crippen LogP contribution in [-0.4, -0.2) is 19.8 Å². The summed E-state index contributed by atoms with van der Waals surface area (Å²) in [6, 6.07) is 6.29. The topological polar surface area (TPSA) is 47.3 Å². The van der Waals surface area contributed by atoms with Crippen LogP contribution in [0.2, 0.25) is 0 Å². The average Bonchev–Trinajstić information content (AvgIpc) is 2.24. The zero-order valence-corrected chi connectivity index (χ0v) is 10.4. The minimum absolute atomic E-state index is 0.357. The zero-order chi connectivity index (χ0) is 12.0. The third-order valence-corrected chi connectivity index (χ3v) is 2.63. The molecule has 0 aliphatic carbocycles. The van der Waals surface area contributed by atoms with Crippen molar-refractivity contribution in [2.24, 2.45) is 0 Å². The maximum Gasteiger partial charge on any atom is 0.0664 e. The predicted octanol–water partition coefficient (Wildman–Crippen LogP) is 2.80. The highest BCUT2D eigenvalue weighted by Crippen LogP contribution is 2.20. The van der Waals surface area contributed by atoms with E-state index in [1.165, 1.54) is 5.56 Å². The van der Waals surface area contributed by atoms with E-state index in [4.69, 9.17) is 10.5 Å². The molecule has 1 aromatic carbocycles. The third-order valence-electron chi connectivity index (χ3n) is 2.63. The Morgan fingerprint density at radius 1 is 1.44 bits per heavy atom. The number of rotatable bonds is 6. The second-order valence-corrected chi connectivity index (χ2v) is 4.16. The molecule has 0 fully saturated rings. The number of benzene rings is 1. The lowest BCUT2D eigenvalue weighted by Crippen LogP contribution is -2.25. The average molecular weight is 222 g/mol. The number of hydrogen-bond donors (Lipinski definition) is 2. The number of ether oxygens (including phenoxy) is 1. The minimum atomic E-state index is 0.357. The first kappa shape index (κ1) is 12.8. The molecule has 0 aliphatic heterocycles. The van der Waals surface area contributed by atoms with Gasteiger partial charge in [0, 0.05) is 24.5 Å². The molecule has 0 aliphatic rings. The van der Waals surface area contributed by atoms with Gasteiger partial charge in [-0.3, -0.25) is 0 Å². The maximum atomic E-state index is 5.78. The highest BCUT2D eigenvalue weighted by molar-refractivity contribution is 5.59. The largest absolute Gasteiger partial charge is 0.399 e. The van der Waals surface area contributed by atoms with Crippen LogP contribution in [0.25, 0.3) is 0 Å². The maximum absolute atomic E-state index is 5.78. The van der Waals surface area contributed by atoms with Crippen LogP contribution in [-0.2, 0) is 4.74 Å². The Labute approximate surface area is 98.0 Å². The molecular formula is C13H22N2O. The summed E-state index contributed by atoms with van der Waals surface area (Å²) in [6.07, 6.45) is 2.24. The highest BCUT2D eigenvalue weighted by atomic mass is 16.5. The SMILES string of the molecule is CCCC(COC)Nc1cc(N)ccc1C. The van der Waals surface area contributed by atoms with Crippen LogP contribution < -0.4 is 11.1 Å². The van der Waals surface area contributed by atoms with Gasteiger partial charge in [-0.1, -0.05) is 19.4 Å². The smallest absolute Gasteiger partial charge is 0.0664 e. The number of hydrogen-bond acceptors (Lipinski definition) is 3. The van der Waals surface area contributed by atoms with Crippen LogP contribution in [0.1, 0.15) is 25.3 Å². The molecule has 0 amide bonds. The van der Waals surface area contributed by atoms with Gasteiger partial charge in [0.1, 0.15) is 0 Å². The zero-order valence-electron chi connectivity index (χ0n) is 10.4. The van der Waals surface area contributed by atoms with Gasteiger partial charge in [0.15, 0.2) is 0 Å². The van der Waals surface area contributed by atoms with Crippen LogP contribution in [0, 0.1) is 6.92 Å². The standard InChI is InChI=1S/C13H22N2O/c1-4-5-12(9-16-3)15-13-8-11(14)7-6-10(13)2/h6-8,12,15H,4-5,9,14H2,1-3H3. The van der Waals surface area contributed by atoms with Gasteiger partial charge in [-0.2, -0.15) is 0 Å². The fraction of sp³-hybridized carbons (Fsp3) is 0.538. The summed E-state index contributed by atoms with van der Waals surface area (Å²) in [5, 5.41) is 3.48. The van der Waals surface area contributed by atoms with Crippen molar-refractivity contribution >= 4 is 11.4 Å². The van der Waals surface area contributed by atoms with E-state index in [2.05, 4.69) is 19.2 Å². The first-order valence-electron chi connectivity index (χ1n) is 5.79. The second-order valence-electron chi connectivity index (χ2n) is 4.16. The predicted molar refractivity (Wildman–Crippen MR) is 69.8 cm³/mol. The van der Waals surface area contributed by atoms with Gasteiger partial charge < -0.3 is 15.8 Å². The van der Waals surface area contributed by atoms with E-state index >= 15 is 0 Å². The highest BCUT2D eigenvalue weighted by Gasteiger charge is 2.08. The molecule has 0 saturated heterocycles. The van der Waals surface area contributed by atoms with E-state index < -0.39 is 0 Å². The molecule has 1 atom stereocenters. The molecular weight excluding hydrogens is 200 g/mol. The molecule has 0 radical (unpaired) electrons. The van der Waals surface area contributed by atoms with Crippen molar-refractivity contribution in [3.05, 3.63) is 23.8 Å². The fourth-order valence-corrected chi connectivity index (χ4v) is 1.76. The fourth-order valence-electron chi connectivity index (χ4n) is 1.76. The quantitative estimate of drug-likeness (QED) is 0.728.